The minimum atomic E-state index is 0.181. The van der Waals surface area contributed by atoms with E-state index in [2.05, 4.69) is 28.8 Å². The monoisotopic (exact) mass is 258 g/mol. The number of carbonyl (C=O) groups is 1. The lowest BCUT2D eigenvalue weighted by Gasteiger charge is -2.10. The van der Waals surface area contributed by atoms with Crippen LogP contribution in [0.3, 0.4) is 0 Å². The van der Waals surface area contributed by atoms with Gasteiger partial charge in [-0.3, -0.25) is 4.79 Å². The number of benzene rings is 1. The molecule has 1 aromatic rings. The van der Waals surface area contributed by atoms with E-state index in [1.807, 2.05) is 0 Å². The number of nitrogens with one attached hydrogen (secondary N) is 2. The molecular weight excluding hydrogens is 236 g/mol. The summed E-state index contributed by atoms with van der Waals surface area (Å²) >= 11 is 0. The van der Waals surface area contributed by atoms with Crippen molar-refractivity contribution >= 4 is 5.91 Å². The molecule has 1 saturated heterocycles. The van der Waals surface area contributed by atoms with Crippen LogP contribution < -0.4 is 10.6 Å². The molecule has 0 radical (unpaired) electrons. The zero-order valence-electron chi connectivity index (χ0n) is 11.4. The molecule has 1 aromatic carbocycles. The lowest BCUT2D eigenvalue weighted by Crippen LogP contribution is -2.33. The normalized spacial score (nSPS) is 21.4. The topological polar surface area (TPSA) is 41.1 Å². The molecule has 102 valence electrons. The summed E-state index contributed by atoms with van der Waals surface area (Å²) in [5.41, 5.74) is 4.39. The average Bonchev–Trinajstić information content (AvgIpc) is 3.09. The zero-order valence-corrected chi connectivity index (χ0v) is 11.4. The number of amides is 1. The summed E-state index contributed by atoms with van der Waals surface area (Å²) < 4.78 is 0. The largest absolute Gasteiger partial charge is 0.355 e. The Labute approximate surface area is 114 Å². The summed E-state index contributed by atoms with van der Waals surface area (Å²) in [6.07, 6.45) is 5.68. The Morgan fingerprint density at radius 1 is 1.32 bits per heavy atom. The van der Waals surface area contributed by atoms with Gasteiger partial charge in [-0.15, -0.1) is 0 Å². The average molecular weight is 258 g/mol. The molecule has 0 bridgehead atoms. The number of aryl methyl sites for hydroxylation is 2. The molecule has 2 aliphatic rings. The van der Waals surface area contributed by atoms with Gasteiger partial charge in [-0.2, -0.15) is 0 Å². The van der Waals surface area contributed by atoms with Crippen molar-refractivity contribution in [2.45, 2.75) is 32.1 Å². The van der Waals surface area contributed by atoms with Crippen molar-refractivity contribution in [2.75, 3.05) is 19.6 Å². The smallest absolute Gasteiger partial charge is 0.224 e. The lowest BCUT2D eigenvalue weighted by molar-refractivity contribution is -0.124. The molecule has 1 fully saturated rings. The number of hydrogen-bond acceptors (Lipinski definition) is 2. The molecule has 3 rings (SSSR count). The summed E-state index contributed by atoms with van der Waals surface area (Å²) in [6, 6.07) is 6.80. The van der Waals surface area contributed by atoms with Gasteiger partial charge in [0, 0.05) is 13.1 Å². The summed E-state index contributed by atoms with van der Waals surface area (Å²) in [6.45, 7) is 2.57. The van der Waals surface area contributed by atoms with Crippen LogP contribution in [0.25, 0.3) is 0 Å². The molecule has 0 spiro atoms. The molecule has 1 atom stereocenters. The van der Waals surface area contributed by atoms with Gasteiger partial charge in [-0.25, -0.2) is 0 Å². The van der Waals surface area contributed by atoms with Crippen molar-refractivity contribution in [3.8, 4) is 0 Å². The van der Waals surface area contributed by atoms with E-state index >= 15 is 0 Å². The predicted octanol–water partition coefficient (Wildman–Crippen LogP) is 1.44. The van der Waals surface area contributed by atoms with E-state index in [0.717, 1.165) is 32.5 Å². The maximum atomic E-state index is 11.9. The maximum Gasteiger partial charge on any atom is 0.224 e. The van der Waals surface area contributed by atoms with Gasteiger partial charge in [0.05, 0.1) is 5.92 Å². The quantitative estimate of drug-likeness (QED) is 0.858. The zero-order chi connectivity index (χ0) is 13.1. The first kappa shape index (κ1) is 12.7. The fourth-order valence-electron chi connectivity index (χ4n) is 3.13. The number of hydrogen-bond donors (Lipinski definition) is 2. The highest BCUT2D eigenvalue weighted by Gasteiger charge is 2.21. The molecule has 19 heavy (non-hydrogen) atoms. The van der Waals surface area contributed by atoms with Gasteiger partial charge >= 0.3 is 0 Å². The molecule has 1 unspecified atom stereocenters. The third kappa shape index (κ3) is 2.98. The van der Waals surface area contributed by atoms with Crippen molar-refractivity contribution in [3.05, 3.63) is 34.9 Å². The second-order valence-corrected chi connectivity index (χ2v) is 5.69. The molecular formula is C16H22N2O. The van der Waals surface area contributed by atoms with E-state index < -0.39 is 0 Å². The van der Waals surface area contributed by atoms with E-state index in [9.17, 15) is 4.79 Å². The second kappa shape index (κ2) is 5.74. The van der Waals surface area contributed by atoms with Crippen molar-refractivity contribution in [1.29, 1.82) is 0 Å². The first-order valence-corrected chi connectivity index (χ1v) is 7.42. The van der Waals surface area contributed by atoms with Crippen LogP contribution in [0.15, 0.2) is 18.2 Å². The Hall–Kier alpha value is -1.35. The Bertz CT molecular complexity index is 464. The fraction of sp³-hybridized carbons (Fsp3) is 0.562. The van der Waals surface area contributed by atoms with E-state index in [1.165, 1.54) is 36.0 Å². The van der Waals surface area contributed by atoms with Gasteiger partial charge in [0.15, 0.2) is 0 Å². The first-order chi connectivity index (χ1) is 9.33. The molecule has 1 aliphatic heterocycles. The van der Waals surface area contributed by atoms with Crippen LogP contribution in [0.4, 0.5) is 0 Å². The first-order valence-electron chi connectivity index (χ1n) is 7.42. The van der Waals surface area contributed by atoms with E-state index in [0.29, 0.717) is 0 Å². The summed E-state index contributed by atoms with van der Waals surface area (Å²) in [7, 11) is 0. The highest BCUT2D eigenvalue weighted by molar-refractivity contribution is 5.79. The Balaban J connectivity index is 1.48. The molecule has 1 aliphatic carbocycles. The lowest BCUT2D eigenvalue weighted by atomic mass is 10.0. The van der Waals surface area contributed by atoms with Crippen molar-refractivity contribution in [1.82, 2.24) is 10.6 Å². The van der Waals surface area contributed by atoms with Crippen LogP contribution in [0.5, 0.6) is 0 Å². The fourth-order valence-corrected chi connectivity index (χ4v) is 3.13. The molecule has 2 N–H and O–H groups in total. The maximum absolute atomic E-state index is 11.9. The molecule has 1 heterocycles. The molecule has 3 nitrogen and oxygen atoms in total. The highest BCUT2D eigenvalue weighted by atomic mass is 16.1. The minimum absolute atomic E-state index is 0.181. The SMILES string of the molecule is O=C(NCCc1ccc2c(c1)CCC2)C1CCNC1. The summed E-state index contributed by atoms with van der Waals surface area (Å²) in [5, 5.41) is 6.29. The molecule has 0 aromatic heterocycles. The Morgan fingerprint density at radius 3 is 3.05 bits per heavy atom. The van der Waals surface area contributed by atoms with Crippen molar-refractivity contribution < 1.29 is 4.79 Å². The van der Waals surface area contributed by atoms with Gasteiger partial charge in [-0.1, -0.05) is 18.2 Å². The third-order valence-electron chi connectivity index (χ3n) is 4.31. The van der Waals surface area contributed by atoms with Crippen LogP contribution in [0, 0.1) is 5.92 Å². The number of rotatable bonds is 4. The van der Waals surface area contributed by atoms with Crippen LogP contribution in [0.1, 0.15) is 29.5 Å². The molecule has 3 heteroatoms. The van der Waals surface area contributed by atoms with Crippen molar-refractivity contribution in [2.24, 2.45) is 5.92 Å². The Morgan fingerprint density at radius 2 is 2.21 bits per heavy atom. The Kier molecular flexibility index (Phi) is 3.83. The molecule has 1 amide bonds. The number of fused-ring (bicyclic) bond motifs is 1. The van der Waals surface area contributed by atoms with E-state index in [1.54, 1.807) is 0 Å². The molecule has 0 saturated carbocycles. The standard InChI is InChI=1S/C16H22N2O/c19-16(15-7-8-17-11-15)18-9-6-12-4-5-13-2-1-3-14(13)10-12/h4-5,10,15,17H,1-3,6-9,11H2,(H,18,19). The summed E-state index contributed by atoms with van der Waals surface area (Å²) in [4.78, 5) is 11.9. The van der Waals surface area contributed by atoms with Gasteiger partial charge in [0.1, 0.15) is 0 Å². The van der Waals surface area contributed by atoms with Crippen LogP contribution >= 0.6 is 0 Å². The van der Waals surface area contributed by atoms with Gasteiger partial charge < -0.3 is 10.6 Å². The minimum Gasteiger partial charge on any atom is -0.355 e. The van der Waals surface area contributed by atoms with Gasteiger partial charge in [0.2, 0.25) is 5.91 Å². The second-order valence-electron chi connectivity index (χ2n) is 5.69. The van der Waals surface area contributed by atoms with Crippen molar-refractivity contribution in [3.63, 3.8) is 0 Å². The van der Waals surface area contributed by atoms with Gasteiger partial charge in [0.25, 0.3) is 0 Å². The highest BCUT2D eigenvalue weighted by Crippen LogP contribution is 2.22. The predicted molar refractivity (Wildman–Crippen MR) is 76.2 cm³/mol. The van der Waals surface area contributed by atoms with E-state index in [4.69, 9.17) is 0 Å². The summed E-state index contributed by atoms with van der Waals surface area (Å²) in [5.74, 6) is 0.395. The third-order valence-corrected chi connectivity index (χ3v) is 4.31. The van der Waals surface area contributed by atoms with E-state index in [-0.39, 0.29) is 11.8 Å². The number of carbonyl (C=O) groups excluding carboxylic acids is 1. The van der Waals surface area contributed by atoms with Crippen LogP contribution in [-0.4, -0.2) is 25.5 Å². The van der Waals surface area contributed by atoms with Crippen LogP contribution in [-0.2, 0) is 24.1 Å². The van der Waals surface area contributed by atoms with Crippen LogP contribution in [0.2, 0.25) is 0 Å². The van der Waals surface area contributed by atoms with Gasteiger partial charge in [-0.05, 0) is 55.3 Å².